The zero-order valence-corrected chi connectivity index (χ0v) is 19.9. The first kappa shape index (κ1) is 23.4. The maximum absolute atomic E-state index is 13.4. The minimum absolute atomic E-state index is 0.0945. The molecule has 174 valence electrons. The number of carbonyl (C=O) groups is 1. The first-order valence-electron chi connectivity index (χ1n) is 10.7. The van der Waals surface area contributed by atoms with Crippen LogP contribution in [0.4, 0.5) is 0 Å². The maximum atomic E-state index is 13.4. The van der Waals surface area contributed by atoms with E-state index in [0.29, 0.717) is 51.2 Å². The molecule has 4 aromatic rings. The number of para-hydroxylation sites is 1. The quantitative estimate of drug-likeness (QED) is 0.195. The van der Waals surface area contributed by atoms with Crippen LogP contribution in [0.3, 0.4) is 0 Å². The fraction of sp³-hybridized carbons (Fsp3) is 0.192. The van der Waals surface area contributed by atoms with Crippen molar-refractivity contribution in [2.45, 2.75) is 12.1 Å². The Morgan fingerprint density at radius 2 is 1.71 bits per heavy atom. The van der Waals surface area contributed by atoms with Crippen LogP contribution in [0.1, 0.15) is 17.3 Å². The molecule has 0 bridgehead atoms. The molecule has 0 saturated carbocycles. The molecular formula is C26H24N2O5S. The van der Waals surface area contributed by atoms with Gasteiger partial charge in [-0.15, -0.1) is 0 Å². The predicted octanol–water partition coefficient (Wildman–Crippen LogP) is 4.78. The largest absolute Gasteiger partial charge is 0.494 e. The van der Waals surface area contributed by atoms with Gasteiger partial charge in [0, 0.05) is 5.56 Å². The van der Waals surface area contributed by atoms with E-state index in [-0.39, 0.29) is 17.1 Å². The first-order chi connectivity index (χ1) is 16.5. The zero-order valence-electron chi connectivity index (χ0n) is 19.1. The van der Waals surface area contributed by atoms with E-state index in [1.165, 1.54) is 23.4 Å². The fourth-order valence-electron chi connectivity index (χ4n) is 3.52. The number of hydrogen-bond donors (Lipinski definition) is 0. The molecule has 0 N–H and O–H groups in total. The summed E-state index contributed by atoms with van der Waals surface area (Å²) in [5.74, 6) is 1.72. The Bertz CT molecular complexity index is 1380. The number of nitrogens with zero attached hydrogens (tertiary/aromatic N) is 2. The van der Waals surface area contributed by atoms with Crippen molar-refractivity contribution >= 4 is 28.4 Å². The standard InChI is InChI=1S/C26H24N2O5S/c1-4-33-19-12-10-18(11-13-19)28-25(30)20-7-5-6-8-21(20)27-26(28)34-16-22(29)17-9-14-23(31-2)24(15-17)32-3/h5-15H,4,16H2,1-3H3. The van der Waals surface area contributed by atoms with Gasteiger partial charge < -0.3 is 14.2 Å². The summed E-state index contributed by atoms with van der Waals surface area (Å²) in [6.07, 6.45) is 0. The molecule has 0 saturated heterocycles. The number of ketones is 1. The van der Waals surface area contributed by atoms with Gasteiger partial charge in [0.1, 0.15) is 5.75 Å². The summed E-state index contributed by atoms with van der Waals surface area (Å²) >= 11 is 1.21. The Morgan fingerprint density at radius 3 is 2.41 bits per heavy atom. The van der Waals surface area contributed by atoms with E-state index in [1.807, 2.05) is 37.3 Å². The van der Waals surface area contributed by atoms with Crippen LogP contribution >= 0.6 is 11.8 Å². The van der Waals surface area contributed by atoms with E-state index in [1.54, 1.807) is 43.5 Å². The van der Waals surface area contributed by atoms with E-state index in [0.717, 1.165) is 0 Å². The molecule has 1 aromatic heterocycles. The Labute approximate surface area is 201 Å². The Kier molecular flexibility index (Phi) is 7.18. The van der Waals surface area contributed by atoms with Gasteiger partial charge in [0.25, 0.3) is 5.56 Å². The van der Waals surface area contributed by atoms with Crippen molar-refractivity contribution in [3.8, 4) is 22.9 Å². The van der Waals surface area contributed by atoms with Crippen LogP contribution in [0.25, 0.3) is 16.6 Å². The Morgan fingerprint density at radius 1 is 0.971 bits per heavy atom. The molecule has 7 nitrogen and oxygen atoms in total. The summed E-state index contributed by atoms with van der Waals surface area (Å²) in [5, 5.41) is 0.939. The van der Waals surface area contributed by atoms with Crippen molar-refractivity contribution < 1.29 is 19.0 Å². The molecule has 4 rings (SSSR count). The lowest BCUT2D eigenvalue weighted by Crippen LogP contribution is -2.22. The zero-order chi connectivity index (χ0) is 24.1. The minimum Gasteiger partial charge on any atom is -0.494 e. The molecule has 0 fully saturated rings. The highest BCUT2D eigenvalue weighted by Crippen LogP contribution is 2.29. The number of fused-ring (bicyclic) bond motifs is 1. The van der Waals surface area contributed by atoms with E-state index < -0.39 is 0 Å². The summed E-state index contributed by atoms with van der Waals surface area (Å²) in [6.45, 7) is 2.46. The third kappa shape index (κ3) is 4.77. The van der Waals surface area contributed by atoms with E-state index in [9.17, 15) is 9.59 Å². The van der Waals surface area contributed by atoms with Crippen LogP contribution in [0, 0.1) is 0 Å². The SMILES string of the molecule is CCOc1ccc(-n2c(SCC(=O)c3ccc(OC)c(OC)c3)nc3ccccc3c2=O)cc1. The van der Waals surface area contributed by atoms with Crippen LogP contribution < -0.4 is 19.8 Å². The summed E-state index contributed by atoms with van der Waals surface area (Å²) in [7, 11) is 3.07. The van der Waals surface area contributed by atoms with Crippen molar-refractivity contribution in [1.82, 2.24) is 9.55 Å². The number of ether oxygens (including phenoxy) is 3. The van der Waals surface area contributed by atoms with Crippen LogP contribution in [0.15, 0.2) is 76.7 Å². The minimum atomic E-state index is -0.198. The average Bonchev–Trinajstić information content (AvgIpc) is 2.87. The predicted molar refractivity (Wildman–Crippen MR) is 133 cm³/mol. The third-order valence-corrected chi connectivity index (χ3v) is 6.13. The number of rotatable bonds is 9. The van der Waals surface area contributed by atoms with Crippen LogP contribution in [-0.4, -0.2) is 41.9 Å². The number of methoxy groups -OCH3 is 2. The highest BCUT2D eigenvalue weighted by molar-refractivity contribution is 7.99. The first-order valence-corrected chi connectivity index (χ1v) is 11.7. The number of benzene rings is 3. The van der Waals surface area contributed by atoms with Crippen molar-refractivity contribution in [1.29, 1.82) is 0 Å². The van der Waals surface area contributed by atoms with Gasteiger partial charge in [0.05, 0.1) is 43.2 Å². The van der Waals surface area contributed by atoms with Crippen LogP contribution in [-0.2, 0) is 0 Å². The van der Waals surface area contributed by atoms with Gasteiger partial charge >= 0.3 is 0 Å². The molecule has 8 heteroatoms. The maximum Gasteiger partial charge on any atom is 0.266 e. The molecule has 1 heterocycles. The van der Waals surface area contributed by atoms with E-state index in [4.69, 9.17) is 19.2 Å². The number of carbonyl (C=O) groups excluding carboxylic acids is 1. The number of hydrogen-bond acceptors (Lipinski definition) is 7. The molecule has 0 aliphatic carbocycles. The second-order valence-electron chi connectivity index (χ2n) is 7.26. The molecule has 0 aliphatic rings. The second-order valence-corrected chi connectivity index (χ2v) is 8.20. The molecule has 0 radical (unpaired) electrons. The van der Waals surface area contributed by atoms with Gasteiger partial charge in [-0.2, -0.15) is 0 Å². The highest BCUT2D eigenvalue weighted by Gasteiger charge is 2.17. The molecule has 0 amide bonds. The van der Waals surface area contributed by atoms with Crippen molar-refractivity contribution in [2.75, 3.05) is 26.6 Å². The monoisotopic (exact) mass is 476 g/mol. The second kappa shape index (κ2) is 10.4. The number of thioether (sulfide) groups is 1. The van der Waals surface area contributed by atoms with Gasteiger partial charge in [0.15, 0.2) is 22.4 Å². The van der Waals surface area contributed by atoms with E-state index in [2.05, 4.69) is 0 Å². The summed E-state index contributed by atoms with van der Waals surface area (Å²) in [5.41, 5.74) is 1.51. The fourth-order valence-corrected chi connectivity index (χ4v) is 4.43. The average molecular weight is 477 g/mol. The lowest BCUT2D eigenvalue weighted by Gasteiger charge is -2.14. The normalized spacial score (nSPS) is 10.8. The summed E-state index contributed by atoms with van der Waals surface area (Å²) < 4.78 is 17.6. The lowest BCUT2D eigenvalue weighted by molar-refractivity contribution is 0.102. The molecule has 0 aliphatic heterocycles. The topological polar surface area (TPSA) is 79.7 Å². The Balaban J connectivity index is 1.69. The van der Waals surface area contributed by atoms with Gasteiger partial charge in [-0.05, 0) is 61.5 Å². The molecule has 0 unspecified atom stereocenters. The summed E-state index contributed by atoms with van der Waals surface area (Å²) in [4.78, 5) is 31.0. The van der Waals surface area contributed by atoms with Crippen molar-refractivity contribution in [3.63, 3.8) is 0 Å². The molecule has 34 heavy (non-hydrogen) atoms. The molecule has 0 atom stereocenters. The molecular weight excluding hydrogens is 452 g/mol. The molecule has 3 aromatic carbocycles. The van der Waals surface area contributed by atoms with Gasteiger partial charge in [-0.3, -0.25) is 14.2 Å². The molecule has 0 spiro atoms. The number of aromatic nitrogens is 2. The smallest absolute Gasteiger partial charge is 0.266 e. The Hall–Kier alpha value is -3.78. The van der Waals surface area contributed by atoms with Crippen molar-refractivity contribution in [2.24, 2.45) is 0 Å². The van der Waals surface area contributed by atoms with E-state index >= 15 is 0 Å². The number of Topliss-reactive ketones (excluding diaryl/α,β-unsaturated/α-hetero) is 1. The highest BCUT2D eigenvalue weighted by atomic mass is 32.2. The van der Waals surface area contributed by atoms with Gasteiger partial charge in [-0.25, -0.2) is 4.98 Å². The third-order valence-electron chi connectivity index (χ3n) is 5.19. The van der Waals surface area contributed by atoms with Crippen LogP contribution in [0.2, 0.25) is 0 Å². The van der Waals surface area contributed by atoms with Crippen LogP contribution in [0.5, 0.6) is 17.2 Å². The van der Waals surface area contributed by atoms with Gasteiger partial charge in [0.2, 0.25) is 0 Å². The van der Waals surface area contributed by atoms with Gasteiger partial charge in [-0.1, -0.05) is 23.9 Å². The van der Waals surface area contributed by atoms with Crippen molar-refractivity contribution in [3.05, 3.63) is 82.6 Å². The summed E-state index contributed by atoms with van der Waals surface area (Å²) in [6, 6.07) is 19.5. The lowest BCUT2D eigenvalue weighted by atomic mass is 10.1.